The summed E-state index contributed by atoms with van der Waals surface area (Å²) in [6, 6.07) is 12.4. The number of aromatic amines is 1. The van der Waals surface area contributed by atoms with Crippen molar-refractivity contribution in [2.75, 3.05) is 0 Å². The fourth-order valence-corrected chi connectivity index (χ4v) is 2.28. The first-order chi connectivity index (χ1) is 9.79. The summed E-state index contributed by atoms with van der Waals surface area (Å²) in [7, 11) is 0. The third-order valence-electron chi connectivity index (χ3n) is 3.33. The van der Waals surface area contributed by atoms with Gasteiger partial charge in [-0.3, -0.25) is 0 Å². The van der Waals surface area contributed by atoms with Gasteiger partial charge in [-0.15, -0.1) is 0 Å². The Kier molecular flexibility index (Phi) is 3.39. The first kappa shape index (κ1) is 12.7. The van der Waals surface area contributed by atoms with E-state index in [0.29, 0.717) is 13.2 Å². The lowest BCUT2D eigenvalue weighted by molar-refractivity contribution is 0.291. The predicted molar refractivity (Wildman–Crippen MR) is 76.9 cm³/mol. The minimum atomic E-state index is -0.352. The maximum atomic E-state index is 13.5. The molecule has 1 heterocycles. The Labute approximate surface area is 116 Å². The van der Waals surface area contributed by atoms with Gasteiger partial charge in [0.25, 0.3) is 0 Å². The highest BCUT2D eigenvalue weighted by Gasteiger charge is 2.08. The largest absolute Gasteiger partial charge is 0.486 e. The zero-order chi connectivity index (χ0) is 13.9. The molecule has 20 heavy (non-hydrogen) atoms. The molecular weight excluding hydrogens is 255 g/mol. The second-order valence-electron chi connectivity index (χ2n) is 4.58. The second-order valence-corrected chi connectivity index (χ2v) is 4.58. The number of hydrogen-bond donors (Lipinski definition) is 2. The highest BCUT2D eigenvalue weighted by molar-refractivity contribution is 5.85. The lowest BCUT2D eigenvalue weighted by Gasteiger charge is -2.06. The van der Waals surface area contributed by atoms with Gasteiger partial charge in [-0.1, -0.05) is 30.3 Å². The normalized spacial score (nSPS) is 10.9. The maximum absolute atomic E-state index is 13.5. The predicted octanol–water partition coefficient (Wildman–Crippen LogP) is 3.34. The van der Waals surface area contributed by atoms with E-state index in [1.807, 2.05) is 24.4 Å². The van der Waals surface area contributed by atoms with E-state index in [1.54, 1.807) is 18.2 Å². The lowest BCUT2D eigenvalue weighted by Crippen LogP contribution is -1.98. The van der Waals surface area contributed by atoms with Crippen LogP contribution in [0.1, 0.15) is 11.1 Å². The van der Waals surface area contributed by atoms with E-state index in [0.717, 1.165) is 22.0 Å². The first-order valence-electron chi connectivity index (χ1n) is 6.45. The molecule has 0 fully saturated rings. The standard InChI is InChI=1S/C16H15FN2O/c17-14-6-1-2-7-15(14)20-10-12-9-19-16-11(8-18)4-3-5-13(12)16/h1-7,9,19H,8,10,18H2. The van der Waals surface area contributed by atoms with Gasteiger partial charge in [0.05, 0.1) is 5.52 Å². The van der Waals surface area contributed by atoms with Crippen molar-refractivity contribution in [1.29, 1.82) is 0 Å². The number of H-pyrrole nitrogens is 1. The molecule has 3 N–H and O–H groups in total. The molecule has 1 aromatic heterocycles. The van der Waals surface area contributed by atoms with Gasteiger partial charge in [0, 0.05) is 23.7 Å². The lowest BCUT2D eigenvalue weighted by atomic mass is 10.1. The van der Waals surface area contributed by atoms with Crippen LogP contribution in [0.25, 0.3) is 10.9 Å². The van der Waals surface area contributed by atoms with Gasteiger partial charge >= 0.3 is 0 Å². The highest BCUT2D eigenvalue weighted by atomic mass is 19.1. The molecule has 3 aromatic rings. The number of nitrogens with one attached hydrogen (secondary N) is 1. The number of fused-ring (bicyclic) bond motifs is 1. The molecule has 0 saturated heterocycles. The van der Waals surface area contributed by atoms with Crippen LogP contribution in [-0.2, 0) is 13.2 Å². The van der Waals surface area contributed by atoms with E-state index in [1.165, 1.54) is 6.07 Å². The topological polar surface area (TPSA) is 51.0 Å². The molecule has 0 radical (unpaired) electrons. The van der Waals surface area contributed by atoms with Crippen LogP contribution in [0.5, 0.6) is 5.75 Å². The van der Waals surface area contributed by atoms with Crippen LogP contribution in [0.4, 0.5) is 4.39 Å². The number of aromatic nitrogens is 1. The molecule has 102 valence electrons. The monoisotopic (exact) mass is 270 g/mol. The van der Waals surface area contributed by atoms with E-state index in [9.17, 15) is 4.39 Å². The second kappa shape index (κ2) is 5.35. The average molecular weight is 270 g/mol. The zero-order valence-electron chi connectivity index (χ0n) is 10.9. The van der Waals surface area contributed by atoms with Crippen molar-refractivity contribution in [2.24, 2.45) is 5.73 Å². The SMILES string of the molecule is NCc1cccc2c(COc3ccccc3F)c[nH]c12. The van der Waals surface area contributed by atoms with Crippen molar-refractivity contribution in [2.45, 2.75) is 13.2 Å². The number of halogens is 1. The third kappa shape index (κ3) is 2.26. The molecule has 0 bridgehead atoms. The van der Waals surface area contributed by atoms with Gasteiger partial charge in [0.1, 0.15) is 6.61 Å². The molecule has 0 saturated carbocycles. The molecule has 3 rings (SSSR count). The number of para-hydroxylation sites is 2. The summed E-state index contributed by atoms with van der Waals surface area (Å²) < 4.78 is 19.0. The van der Waals surface area contributed by atoms with E-state index in [2.05, 4.69) is 4.98 Å². The van der Waals surface area contributed by atoms with Crippen molar-refractivity contribution in [3.8, 4) is 5.75 Å². The quantitative estimate of drug-likeness (QED) is 0.764. The van der Waals surface area contributed by atoms with E-state index in [4.69, 9.17) is 10.5 Å². The van der Waals surface area contributed by atoms with E-state index >= 15 is 0 Å². The molecule has 0 spiro atoms. The summed E-state index contributed by atoms with van der Waals surface area (Å²) in [5.41, 5.74) is 8.77. The summed E-state index contributed by atoms with van der Waals surface area (Å²) >= 11 is 0. The van der Waals surface area contributed by atoms with Crippen LogP contribution in [0.2, 0.25) is 0 Å². The summed E-state index contributed by atoms with van der Waals surface area (Å²) in [6.07, 6.45) is 1.88. The fourth-order valence-electron chi connectivity index (χ4n) is 2.28. The Bertz CT molecular complexity index is 736. The van der Waals surface area contributed by atoms with Crippen LogP contribution in [0.3, 0.4) is 0 Å². The minimum absolute atomic E-state index is 0.261. The summed E-state index contributed by atoms with van der Waals surface area (Å²) in [5.74, 6) is -0.0909. The maximum Gasteiger partial charge on any atom is 0.165 e. The van der Waals surface area contributed by atoms with Gasteiger partial charge in [0.15, 0.2) is 11.6 Å². The Hall–Kier alpha value is -2.33. The van der Waals surface area contributed by atoms with Crippen molar-refractivity contribution in [3.05, 3.63) is 65.6 Å². The third-order valence-corrected chi connectivity index (χ3v) is 3.33. The van der Waals surface area contributed by atoms with Gasteiger partial charge in [-0.2, -0.15) is 0 Å². The Balaban J connectivity index is 1.87. The van der Waals surface area contributed by atoms with Crippen LogP contribution in [-0.4, -0.2) is 4.98 Å². The number of benzene rings is 2. The number of rotatable bonds is 4. The van der Waals surface area contributed by atoms with E-state index in [-0.39, 0.29) is 11.6 Å². The average Bonchev–Trinajstić information content (AvgIpc) is 2.89. The molecular formula is C16H15FN2O. The Morgan fingerprint density at radius 1 is 1.05 bits per heavy atom. The van der Waals surface area contributed by atoms with Crippen LogP contribution < -0.4 is 10.5 Å². The molecule has 0 aliphatic heterocycles. The summed E-state index contributed by atoms with van der Waals surface area (Å²) in [5, 5.41) is 1.06. The van der Waals surface area contributed by atoms with Crippen LogP contribution >= 0.6 is 0 Å². The van der Waals surface area contributed by atoms with Gasteiger partial charge in [-0.05, 0) is 17.7 Å². The van der Waals surface area contributed by atoms with Crippen molar-refractivity contribution in [1.82, 2.24) is 4.98 Å². The summed E-state index contributed by atoms with van der Waals surface area (Å²) in [4.78, 5) is 3.20. The fraction of sp³-hybridized carbons (Fsp3) is 0.125. The zero-order valence-corrected chi connectivity index (χ0v) is 10.9. The van der Waals surface area contributed by atoms with Gasteiger partial charge < -0.3 is 15.5 Å². The molecule has 0 atom stereocenters. The van der Waals surface area contributed by atoms with Gasteiger partial charge in [-0.25, -0.2) is 4.39 Å². The number of ether oxygens (including phenoxy) is 1. The smallest absolute Gasteiger partial charge is 0.165 e. The van der Waals surface area contributed by atoms with Crippen molar-refractivity contribution in [3.63, 3.8) is 0 Å². The molecule has 2 aromatic carbocycles. The first-order valence-corrected chi connectivity index (χ1v) is 6.45. The molecule has 0 unspecified atom stereocenters. The Morgan fingerprint density at radius 3 is 2.70 bits per heavy atom. The van der Waals surface area contributed by atoms with Crippen molar-refractivity contribution < 1.29 is 9.13 Å². The Morgan fingerprint density at radius 2 is 1.90 bits per heavy atom. The number of hydrogen-bond acceptors (Lipinski definition) is 2. The molecule has 0 amide bonds. The minimum Gasteiger partial charge on any atom is -0.486 e. The molecule has 4 heteroatoms. The molecule has 3 nitrogen and oxygen atoms in total. The number of nitrogens with two attached hydrogens (primary N) is 1. The summed E-state index contributed by atoms with van der Waals surface area (Å²) in [6.45, 7) is 0.792. The van der Waals surface area contributed by atoms with E-state index < -0.39 is 0 Å². The van der Waals surface area contributed by atoms with Gasteiger partial charge in [0.2, 0.25) is 0 Å². The van der Waals surface area contributed by atoms with Crippen LogP contribution in [0.15, 0.2) is 48.7 Å². The van der Waals surface area contributed by atoms with Crippen molar-refractivity contribution >= 4 is 10.9 Å². The highest BCUT2D eigenvalue weighted by Crippen LogP contribution is 2.24. The molecule has 0 aliphatic carbocycles. The van der Waals surface area contributed by atoms with Crippen LogP contribution in [0, 0.1) is 5.82 Å². The molecule has 0 aliphatic rings.